The van der Waals surface area contributed by atoms with Crippen molar-refractivity contribution in [2.24, 2.45) is 0 Å². The molecule has 1 atom stereocenters. The number of nitrogens with zero attached hydrogens (tertiary/aromatic N) is 1. The van der Waals surface area contributed by atoms with Crippen molar-refractivity contribution in [1.29, 1.82) is 0 Å². The molecule has 0 fully saturated rings. The number of carbonyl (C=O) groups excluding carboxylic acids is 1. The minimum atomic E-state index is 0.0147. The molecule has 0 amide bonds. The number of benzene rings is 1. The number of ketones is 1. The van der Waals surface area contributed by atoms with Crippen LogP contribution in [0.25, 0.3) is 0 Å². The molecule has 17 heavy (non-hydrogen) atoms. The molecule has 0 radical (unpaired) electrons. The molecule has 0 bridgehead atoms. The minimum Gasteiger partial charge on any atom is -0.398 e. The summed E-state index contributed by atoms with van der Waals surface area (Å²) in [7, 11) is 2.05. The largest absolute Gasteiger partial charge is 0.398 e. The summed E-state index contributed by atoms with van der Waals surface area (Å²) in [6.07, 6.45) is 2.29. The molecule has 3 nitrogen and oxygen atoms in total. The molecule has 0 aromatic heterocycles. The van der Waals surface area contributed by atoms with Crippen LogP contribution in [0, 0.1) is 0 Å². The van der Waals surface area contributed by atoms with Crippen LogP contribution in [0.2, 0.25) is 0 Å². The van der Waals surface area contributed by atoms with Crippen molar-refractivity contribution in [3.05, 3.63) is 23.8 Å². The predicted octanol–water partition coefficient (Wildman–Crippen LogP) is 3.10. The first-order valence-corrected chi connectivity index (χ1v) is 6.10. The van der Waals surface area contributed by atoms with Gasteiger partial charge in [0.2, 0.25) is 0 Å². The van der Waals surface area contributed by atoms with Crippen LogP contribution < -0.4 is 10.6 Å². The standard InChI is InChI=1S/C14H22N2O/c1-5-6-10(2)16(4)12-7-8-14(15)13(9-12)11(3)17/h7-10H,5-6,15H2,1-4H3. The Morgan fingerprint density at radius 2 is 2.12 bits per heavy atom. The first-order valence-electron chi connectivity index (χ1n) is 6.10. The summed E-state index contributed by atoms with van der Waals surface area (Å²) in [5, 5.41) is 0. The maximum Gasteiger partial charge on any atom is 0.161 e. The van der Waals surface area contributed by atoms with Crippen LogP contribution in [-0.2, 0) is 0 Å². The van der Waals surface area contributed by atoms with Gasteiger partial charge >= 0.3 is 0 Å². The molecular weight excluding hydrogens is 212 g/mol. The highest BCUT2D eigenvalue weighted by atomic mass is 16.1. The summed E-state index contributed by atoms with van der Waals surface area (Å²) in [5.74, 6) is 0.0147. The SMILES string of the molecule is CCCC(C)N(C)c1ccc(N)c(C(C)=O)c1. The second-order valence-corrected chi connectivity index (χ2v) is 4.58. The van der Waals surface area contributed by atoms with Crippen LogP contribution in [-0.4, -0.2) is 18.9 Å². The lowest BCUT2D eigenvalue weighted by Gasteiger charge is -2.27. The Kier molecular flexibility index (Phi) is 4.55. The van der Waals surface area contributed by atoms with Gasteiger partial charge in [-0.25, -0.2) is 0 Å². The molecule has 3 heteroatoms. The number of rotatable bonds is 5. The lowest BCUT2D eigenvalue weighted by atomic mass is 10.1. The van der Waals surface area contributed by atoms with E-state index in [-0.39, 0.29) is 5.78 Å². The van der Waals surface area contributed by atoms with Gasteiger partial charge in [-0.1, -0.05) is 13.3 Å². The first-order chi connectivity index (χ1) is 7.97. The highest BCUT2D eigenvalue weighted by Crippen LogP contribution is 2.23. The van der Waals surface area contributed by atoms with Crippen LogP contribution in [0.3, 0.4) is 0 Å². The van der Waals surface area contributed by atoms with Crippen molar-refractivity contribution in [2.45, 2.75) is 39.7 Å². The monoisotopic (exact) mass is 234 g/mol. The van der Waals surface area contributed by atoms with E-state index in [1.165, 1.54) is 0 Å². The Labute approximate surface area is 104 Å². The van der Waals surface area contributed by atoms with Crippen molar-refractivity contribution >= 4 is 17.2 Å². The van der Waals surface area contributed by atoms with Crippen LogP contribution >= 0.6 is 0 Å². The Morgan fingerprint density at radius 3 is 2.65 bits per heavy atom. The maximum absolute atomic E-state index is 11.4. The highest BCUT2D eigenvalue weighted by Gasteiger charge is 2.12. The van der Waals surface area contributed by atoms with E-state index in [9.17, 15) is 4.79 Å². The quantitative estimate of drug-likeness (QED) is 0.629. The zero-order valence-corrected chi connectivity index (χ0v) is 11.2. The summed E-state index contributed by atoms with van der Waals surface area (Å²) < 4.78 is 0. The summed E-state index contributed by atoms with van der Waals surface area (Å²) in [5.41, 5.74) is 8.00. The van der Waals surface area contributed by atoms with Crippen molar-refractivity contribution in [3.8, 4) is 0 Å². The summed E-state index contributed by atoms with van der Waals surface area (Å²) in [6, 6.07) is 6.11. The lowest BCUT2D eigenvalue weighted by molar-refractivity contribution is 0.101. The van der Waals surface area contributed by atoms with Gasteiger partial charge in [-0.15, -0.1) is 0 Å². The van der Waals surface area contributed by atoms with Crippen LogP contribution in [0.4, 0.5) is 11.4 Å². The van der Waals surface area contributed by atoms with Crippen LogP contribution in [0.5, 0.6) is 0 Å². The van der Waals surface area contributed by atoms with Crippen molar-refractivity contribution < 1.29 is 4.79 Å². The van der Waals surface area contributed by atoms with E-state index in [2.05, 4.69) is 25.8 Å². The van der Waals surface area contributed by atoms with E-state index < -0.39 is 0 Å². The Bertz CT molecular complexity index is 401. The molecule has 0 saturated heterocycles. The number of hydrogen-bond acceptors (Lipinski definition) is 3. The number of carbonyl (C=O) groups is 1. The van der Waals surface area contributed by atoms with Gasteiger partial charge in [0.25, 0.3) is 0 Å². The average molecular weight is 234 g/mol. The van der Waals surface area contributed by atoms with Gasteiger partial charge in [-0.3, -0.25) is 4.79 Å². The summed E-state index contributed by atoms with van der Waals surface area (Å²) in [4.78, 5) is 13.6. The maximum atomic E-state index is 11.4. The molecule has 1 aromatic carbocycles. The average Bonchev–Trinajstić information content (AvgIpc) is 2.28. The smallest absolute Gasteiger partial charge is 0.161 e. The molecule has 0 spiro atoms. The van der Waals surface area contributed by atoms with Crippen molar-refractivity contribution in [1.82, 2.24) is 0 Å². The van der Waals surface area contributed by atoms with Crippen LogP contribution in [0.15, 0.2) is 18.2 Å². The molecule has 1 aromatic rings. The highest BCUT2D eigenvalue weighted by molar-refractivity contribution is 6.00. The second kappa shape index (κ2) is 5.71. The molecule has 0 aliphatic carbocycles. The van der Waals surface area contributed by atoms with Crippen LogP contribution in [0.1, 0.15) is 44.0 Å². The normalized spacial score (nSPS) is 12.2. The second-order valence-electron chi connectivity index (χ2n) is 4.58. The minimum absolute atomic E-state index is 0.0147. The first kappa shape index (κ1) is 13.6. The molecule has 0 heterocycles. The third-order valence-electron chi connectivity index (χ3n) is 3.19. The molecular formula is C14H22N2O. The van der Waals surface area contributed by atoms with Gasteiger partial charge in [-0.2, -0.15) is 0 Å². The number of hydrogen-bond donors (Lipinski definition) is 1. The third-order valence-corrected chi connectivity index (χ3v) is 3.19. The molecule has 0 aliphatic rings. The molecule has 1 unspecified atom stereocenters. The summed E-state index contributed by atoms with van der Waals surface area (Å²) in [6.45, 7) is 5.91. The van der Waals surface area contributed by atoms with E-state index in [4.69, 9.17) is 5.73 Å². The number of Topliss-reactive ketones (excluding diaryl/α,β-unsaturated/α-hetero) is 1. The number of nitrogen functional groups attached to an aromatic ring is 1. The van der Waals surface area contributed by atoms with Gasteiger partial charge in [-0.05, 0) is 38.5 Å². The molecule has 0 aliphatic heterocycles. The van der Waals surface area contributed by atoms with Crippen molar-refractivity contribution in [2.75, 3.05) is 17.7 Å². The molecule has 2 N–H and O–H groups in total. The fourth-order valence-electron chi connectivity index (χ4n) is 1.93. The number of anilines is 2. The fourth-order valence-corrected chi connectivity index (χ4v) is 1.93. The Balaban J connectivity index is 2.99. The number of nitrogens with two attached hydrogens (primary N) is 1. The predicted molar refractivity (Wildman–Crippen MR) is 73.6 cm³/mol. The van der Waals surface area contributed by atoms with Gasteiger partial charge in [0.1, 0.15) is 0 Å². The Morgan fingerprint density at radius 1 is 1.47 bits per heavy atom. The van der Waals surface area contributed by atoms with E-state index >= 15 is 0 Å². The van der Waals surface area contributed by atoms with Gasteiger partial charge in [0, 0.05) is 30.0 Å². The van der Waals surface area contributed by atoms with E-state index in [1.807, 2.05) is 12.1 Å². The lowest BCUT2D eigenvalue weighted by Crippen LogP contribution is -2.28. The summed E-state index contributed by atoms with van der Waals surface area (Å²) >= 11 is 0. The van der Waals surface area contributed by atoms with E-state index in [1.54, 1.807) is 13.0 Å². The third kappa shape index (κ3) is 3.22. The van der Waals surface area contributed by atoms with Gasteiger partial charge in [0.05, 0.1) is 0 Å². The fraction of sp³-hybridized carbons (Fsp3) is 0.500. The topological polar surface area (TPSA) is 46.3 Å². The molecule has 94 valence electrons. The van der Waals surface area contributed by atoms with Gasteiger partial charge < -0.3 is 10.6 Å². The Hall–Kier alpha value is -1.51. The van der Waals surface area contributed by atoms with Crippen molar-refractivity contribution in [3.63, 3.8) is 0 Å². The zero-order chi connectivity index (χ0) is 13.0. The zero-order valence-electron chi connectivity index (χ0n) is 11.2. The molecule has 0 saturated carbocycles. The van der Waals surface area contributed by atoms with E-state index in [0.29, 0.717) is 17.3 Å². The molecule has 1 rings (SSSR count). The van der Waals surface area contributed by atoms with E-state index in [0.717, 1.165) is 18.5 Å². The van der Waals surface area contributed by atoms with Gasteiger partial charge in [0.15, 0.2) is 5.78 Å².